The molecule has 124 valence electrons. The Bertz CT molecular complexity index is 819. The molecule has 1 unspecified atom stereocenters. The van der Waals surface area contributed by atoms with Crippen molar-refractivity contribution in [3.8, 4) is 11.8 Å². The van der Waals surface area contributed by atoms with E-state index in [1.54, 1.807) is 30.7 Å². The first-order chi connectivity index (χ1) is 11.5. The molecule has 6 nitrogen and oxygen atoms in total. The molecule has 0 saturated heterocycles. The van der Waals surface area contributed by atoms with E-state index in [9.17, 15) is 4.79 Å². The van der Waals surface area contributed by atoms with Crippen molar-refractivity contribution in [2.45, 2.75) is 38.3 Å². The summed E-state index contributed by atoms with van der Waals surface area (Å²) in [5.41, 5.74) is 1.12. The average molecular weight is 325 g/mol. The maximum absolute atomic E-state index is 13.1. The molecule has 0 aliphatic carbocycles. The number of rotatable bonds is 4. The van der Waals surface area contributed by atoms with E-state index in [1.165, 1.54) is 7.11 Å². The van der Waals surface area contributed by atoms with E-state index in [4.69, 9.17) is 14.7 Å². The van der Waals surface area contributed by atoms with E-state index in [-0.39, 0.29) is 12.1 Å². The number of aryl methyl sites for hydroxylation is 1. The summed E-state index contributed by atoms with van der Waals surface area (Å²) in [5.74, 6) is 0.161. The van der Waals surface area contributed by atoms with Crippen LogP contribution in [0.3, 0.4) is 0 Å². The highest BCUT2D eigenvalue weighted by molar-refractivity contribution is 5.85. The molecule has 0 saturated carbocycles. The van der Waals surface area contributed by atoms with Crippen molar-refractivity contribution in [2.75, 3.05) is 7.11 Å². The molecule has 6 heteroatoms. The van der Waals surface area contributed by atoms with E-state index in [0.29, 0.717) is 23.3 Å². The number of carbonyl (C=O) groups is 1. The van der Waals surface area contributed by atoms with Crippen LogP contribution in [0.25, 0.3) is 0 Å². The van der Waals surface area contributed by atoms with Gasteiger partial charge in [0.2, 0.25) is 0 Å². The van der Waals surface area contributed by atoms with Crippen molar-refractivity contribution >= 4 is 5.97 Å². The summed E-state index contributed by atoms with van der Waals surface area (Å²) in [6, 6.07) is 7.20. The lowest BCUT2D eigenvalue weighted by atomic mass is 9.86. The molecule has 0 radical (unpaired) electrons. The van der Waals surface area contributed by atoms with Crippen molar-refractivity contribution in [1.82, 2.24) is 9.55 Å². The largest absolute Gasteiger partial charge is 0.496 e. The summed E-state index contributed by atoms with van der Waals surface area (Å²) in [6.07, 6.45) is 4.48. The highest BCUT2D eigenvalue weighted by Crippen LogP contribution is 2.43. The van der Waals surface area contributed by atoms with Gasteiger partial charge in [0, 0.05) is 17.5 Å². The lowest BCUT2D eigenvalue weighted by Gasteiger charge is -2.31. The van der Waals surface area contributed by atoms with Crippen LogP contribution in [0.5, 0.6) is 5.75 Å². The maximum atomic E-state index is 13.1. The molecule has 24 heavy (non-hydrogen) atoms. The van der Waals surface area contributed by atoms with Crippen LogP contribution in [0.2, 0.25) is 0 Å². The SMILES string of the molecule is COc1cc(C#N)ccc1C1(C(=O)OC(C)C)CCc2cncn21. The Morgan fingerprint density at radius 2 is 2.25 bits per heavy atom. The van der Waals surface area contributed by atoms with Crippen LogP contribution in [0.15, 0.2) is 30.7 Å². The molecular formula is C18H19N3O3. The lowest BCUT2D eigenvalue weighted by molar-refractivity contribution is -0.155. The van der Waals surface area contributed by atoms with E-state index in [1.807, 2.05) is 18.4 Å². The number of nitrogens with zero attached hydrogens (tertiary/aromatic N) is 3. The van der Waals surface area contributed by atoms with Gasteiger partial charge in [0.1, 0.15) is 5.75 Å². The average Bonchev–Trinajstić information content (AvgIpc) is 3.16. The normalized spacial score (nSPS) is 19.0. The van der Waals surface area contributed by atoms with Crippen LogP contribution in [-0.2, 0) is 21.5 Å². The second-order valence-corrected chi connectivity index (χ2v) is 6.10. The summed E-state index contributed by atoms with van der Waals surface area (Å²) in [4.78, 5) is 17.2. The van der Waals surface area contributed by atoms with Gasteiger partial charge in [0.05, 0.1) is 31.2 Å². The van der Waals surface area contributed by atoms with Crippen LogP contribution in [0.4, 0.5) is 0 Å². The summed E-state index contributed by atoms with van der Waals surface area (Å²) in [7, 11) is 1.53. The zero-order valence-electron chi connectivity index (χ0n) is 13.9. The third-order valence-electron chi connectivity index (χ3n) is 4.33. The second kappa shape index (κ2) is 6.00. The minimum atomic E-state index is -1.02. The summed E-state index contributed by atoms with van der Waals surface area (Å²) in [5, 5.41) is 9.12. The fraction of sp³-hybridized carbons (Fsp3) is 0.389. The third-order valence-corrected chi connectivity index (χ3v) is 4.33. The molecule has 1 aromatic heterocycles. The molecule has 2 aromatic rings. The number of hydrogen-bond donors (Lipinski definition) is 0. The van der Waals surface area contributed by atoms with Crippen molar-refractivity contribution in [1.29, 1.82) is 5.26 Å². The highest BCUT2D eigenvalue weighted by atomic mass is 16.5. The van der Waals surface area contributed by atoms with Gasteiger partial charge >= 0.3 is 5.97 Å². The van der Waals surface area contributed by atoms with Crippen LogP contribution in [-0.4, -0.2) is 28.7 Å². The van der Waals surface area contributed by atoms with E-state index < -0.39 is 5.54 Å². The van der Waals surface area contributed by atoms with Crippen LogP contribution in [0.1, 0.15) is 37.1 Å². The Labute approximate surface area is 140 Å². The number of hydrogen-bond acceptors (Lipinski definition) is 5. The molecule has 0 fully saturated rings. The van der Waals surface area contributed by atoms with Gasteiger partial charge < -0.3 is 14.0 Å². The van der Waals surface area contributed by atoms with Crippen LogP contribution >= 0.6 is 0 Å². The molecular weight excluding hydrogens is 306 g/mol. The van der Waals surface area contributed by atoms with Gasteiger partial charge in [-0.3, -0.25) is 0 Å². The van der Waals surface area contributed by atoms with Crippen LogP contribution in [0, 0.1) is 11.3 Å². The molecule has 1 atom stereocenters. The first kappa shape index (κ1) is 16.1. The molecule has 0 bridgehead atoms. The minimum Gasteiger partial charge on any atom is -0.496 e. The molecule has 2 heterocycles. The van der Waals surface area contributed by atoms with Gasteiger partial charge in [-0.15, -0.1) is 0 Å². The number of esters is 1. The second-order valence-electron chi connectivity index (χ2n) is 6.10. The molecule has 1 aliphatic heterocycles. The van der Waals surface area contributed by atoms with Crippen molar-refractivity contribution in [3.63, 3.8) is 0 Å². The Morgan fingerprint density at radius 3 is 2.92 bits per heavy atom. The predicted molar refractivity (Wildman–Crippen MR) is 86.6 cm³/mol. The van der Waals surface area contributed by atoms with Crippen molar-refractivity contribution in [2.24, 2.45) is 0 Å². The van der Waals surface area contributed by atoms with Gasteiger partial charge in [0.25, 0.3) is 0 Å². The quantitative estimate of drug-likeness (QED) is 0.807. The number of ether oxygens (including phenoxy) is 2. The zero-order valence-corrected chi connectivity index (χ0v) is 13.9. The number of benzene rings is 1. The Balaban J connectivity index is 2.21. The predicted octanol–water partition coefficient (Wildman–Crippen LogP) is 2.40. The zero-order chi connectivity index (χ0) is 17.3. The number of methoxy groups -OCH3 is 1. The first-order valence-electron chi connectivity index (χ1n) is 7.84. The van der Waals surface area contributed by atoms with Crippen LogP contribution < -0.4 is 4.74 Å². The number of carbonyl (C=O) groups excluding carboxylic acids is 1. The standard InChI is InChI=1S/C18H19N3O3/c1-12(2)24-17(22)18(7-6-14-10-20-11-21(14)18)15-5-4-13(9-19)8-16(15)23-3/h4-5,8,10-12H,6-7H2,1-3H3. The van der Waals surface area contributed by atoms with Crippen molar-refractivity contribution in [3.05, 3.63) is 47.5 Å². The van der Waals surface area contributed by atoms with Gasteiger partial charge in [-0.05, 0) is 38.8 Å². The lowest BCUT2D eigenvalue weighted by Crippen LogP contribution is -2.42. The van der Waals surface area contributed by atoms with Gasteiger partial charge in [0.15, 0.2) is 5.54 Å². The van der Waals surface area contributed by atoms with Gasteiger partial charge in [-0.2, -0.15) is 5.26 Å². The summed E-state index contributed by atoms with van der Waals surface area (Å²) in [6.45, 7) is 3.65. The van der Waals surface area contributed by atoms with Crippen molar-refractivity contribution < 1.29 is 14.3 Å². The summed E-state index contributed by atoms with van der Waals surface area (Å²) >= 11 is 0. The smallest absolute Gasteiger partial charge is 0.337 e. The Morgan fingerprint density at radius 1 is 1.46 bits per heavy atom. The number of fused-ring (bicyclic) bond motifs is 1. The topological polar surface area (TPSA) is 77.1 Å². The number of aromatic nitrogens is 2. The summed E-state index contributed by atoms with van der Waals surface area (Å²) < 4.78 is 12.9. The molecule has 0 amide bonds. The Hall–Kier alpha value is -2.81. The minimum absolute atomic E-state index is 0.230. The van der Waals surface area contributed by atoms with E-state index >= 15 is 0 Å². The van der Waals surface area contributed by atoms with E-state index in [0.717, 1.165) is 12.1 Å². The fourth-order valence-corrected chi connectivity index (χ4v) is 3.27. The van der Waals surface area contributed by atoms with Gasteiger partial charge in [-0.25, -0.2) is 9.78 Å². The fourth-order valence-electron chi connectivity index (χ4n) is 3.27. The Kier molecular flexibility index (Phi) is 4.02. The number of imidazole rings is 1. The maximum Gasteiger partial charge on any atom is 0.337 e. The molecule has 1 aliphatic rings. The first-order valence-corrected chi connectivity index (χ1v) is 7.84. The third kappa shape index (κ3) is 2.33. The highest BCUT2D eigenvalue weighted by Gasteiger charge is 2.50. The van der Waals surface area contributed by atoms with E-state index in [2.05, 4.69) is 11.1 Å². The van der Waals surface area contributed by atoms with Gasteiger partial charge in [-0.1, -0.05) is 6.07 Å². The number of nitriles is 1. The molecule has 0 spiro atoms. The molecule has 3 rings (SSSR count). The molecule has 1 aromatic carbocycles. The molecule has 0 N–H and O–H groups in total. The monoisotopic (exact) mass is 325 g/mol.